The van der Waals surface area contributed by atoms with E-state index in [0.29, 0.717) is 11.3 Å². The number of anilines is 2. The van der Waals surface area contributed by atoms with E-state index in [9.17, 15) is 24.6 Å². The van der Waals surface area contributed by atoms with Gasteiger partial charge >= 0.3 is 13.6 Å². The first-order valence-electron chi connectivity index (χ1n) is 7.80. The maximum atomic E-state index is 11.8. The lowest BCUT2D eigenvalue weighted by Crippen LogP contribution is -2.41. The Kier molecular flexibility index (Phi) is 6.61. The zero-order valence-corrected chi connectivity index (χ0v) is 16.5. The Hall–Kier alpha value is -2.20. The smallest absolute Gasteiger partial charge is 0.358 e. The van der Waals surface area contributed by atoms with Crippen LogP contribution in [-0.2, 0) is 14.1 Å². The molecule has 1 unspecified atom stereocenters. The van der Waals surface area contributed by atoms with Crippen molar-refractivity contribution in [2.45, 2.75) is 38.6 Å². The molecule has 0 bridgehead atoms. The summed E-state index contributed by atoms with van der Waals surface area (Å²) in [5.41, 5.74) is -0.733. The van der Waals surface area contributed by atoms with Crippen molar-refractivity contribution in [2.24, 2.45) is 0 Å². The molecule has 1 rings (SSSR count). The summed E-state index contributed by atoms with van der Waals surface area (Å²) in [6.45, 7) is 5.00. The highest BCUT2D eigenvalue weighted by molar-refractivity contribution is 7.53. The fraction of sp³-hybridized carbons (Fsp3) is 0.533. The maximum Gasteiger partial charge on any atom is 0.358 e. The number of rotatable bonds is 8. The van der Waals surface area contributed by atoms with Crippen molar-refractivity contribution in [2.75, 3.05) is 24.3 Å². The maximum absolute atomic E-state index is 11.8. The summed E-state index contributed by atoms with van der Waals surface area (Å²) in [6, 6.07) is 2.57. The van der Waals surface area contributed by atoms with Gasteiger partial charge in [-0.25, -0.2) is 4.79 Å². The van der Waals surface area contributed by atoms with Gasteiger partial charge in [-0.05, 0) is 39.3 Å². The Bertz CT molecular complexity index is 788. The molecule has 1 atom stereocenters. The molecule has 0 aliphatic carbocycles. The summed E-state index contributed by atoms with van der Waals surface area (Å²) < 4.78 is 16.0. The Labute approximate surface area is 156 Å². The van der Waals surface area contributed by atoms with Gasteiger partial charge in [-0.3, -0.25) is 14.7 Å². The van der Waals surface area contributed by atoms with E-state index in [1.54, 1.807) is 20.8 Å². The summed E-state index contributed by atoms with van der Waals surface area (Å²) in [5.74, 6) is -0.556. The van der Waals surface area contributed by atoms with Gasteiger partial charge in [0.25, 0.3) is 5.69 Å². The van der Waals surface area contributed by atoms with E-state index in [4.69, 9.17) is 14.5 Å². The van der Waals surface area contributed by atoms with E-state index in [1.807, 2.05) is 0 Å². The van der Waals surface area contributed by atoms with Crippen molar-refractivity contribution in [1.82, 2.24) is 0 Å². The second kappa shape index (κ2) is 7.81. The number of hydrogen-bond donors (Lipinski definition) is 5. The Morgan fingerprint density at radius 1 is 1.30 bits per heavy atom. The minimum absolute atomic E-state index is 0.0810. The number of nitro benzene ring substituents is 1. The van der Waals surface area contributed by atoms with Crippen LogP contribution in [-0.4, -0.2) is 50.3 Å². The first-order chi connectivity index (χ1) is 12.1. The van der Waals surface area contributed by atoms with Crippen LogP contribution in [0.2, 0.25) is 0 Å². The number of methoxy groups -OCH3 is 1. The molecular formula is C15H24N3O8P. The van der Waals surface area contributed by atoms with Crippen molar-refractivity contribution in [3.8, 4) is 0 Å². The van der Waals surface area contributed by atoms with Gasteiger partial charge in [-0.15, -0.1) is 0 Å². The lowest BCUT2D eigenvalue weighted by atomic mass is 10.0. The number of benzene rings is 1. The van der Waals surface area contributed by atoms with Gasteiger partial charge in [0, 0.05) is 11.8 Å². The predicted molar refractivity (Wildman–Crippen MR) is 98.7 cm³/mol. The van der Waals surface area contributed by atoms with Crippen LogP contribution in [0.1, 0.15) is 26.3 Å². The highest BCUT2D eigenvalue weighted by Gasteiger charge is 2.40. The molecule has 0 heterocycles. The molecule has 1 aromatic rings. The van der Waals surface area contributed by atoms with Crippen LogP contribution in [0.25, 0.3) is 0 Å². The first kappa shape index (κ1) is 22.8. The molecule has 0 aromatic heterocycles. The van der Waals surface area contributed by atoms with Crippen molar-refractivity contribution in [3.63, 3.8) is 0 Å². The molecule has 0 amide bonds. The fourth-order valence-corrected chi connectivity index (χ4v) is 2.41. The number of aliphatic hydroxyl groups is 1. The molecule has 152 valence electrons. The zero-order chi connectivity index (χ0) is 21.2. The standard InChI is InChI=1S/C15H24N3O8P/c1-9-6-12(18(21)22)11(16-8-15(4,20)27(23,24)25)7-10(9)17-14(2,3)13(19)26-5/h6-7,16-17,20H,8H2,1-5H3,(H2,23,24,25). The summed E-state index contributed by atoms with van der Waals surface area (Å²) in [6.07, 6.45) is 0. The molecule has 0 saturated carbocycles. The number of nitro groups is 1. The number of ether oxygens (including phenoxy) is 1. The van der Waals surface area contributed by atoms with Crippen molar-refractivity contribution in [1.29, 1.82) is 0 Å². The third-order valence-corrected chi connectivity index (χ3v) is 5.34. The number of esters is 1. The number of nitrogens with zero attached hydrogens (tertiary/aromatic N) is 1. The van der Waals surface area contributed by atoms with E-state index in [2.05, 4.69) is 10.6 Å². The first-order valence-corrected chi connectivity index (χ1v) is 9.41. The molecule has 0 fully saturated rings. The largest absolute Gasteiger partial charge is 0.467 e. The second-order valence-corrected chi connectivity index (χ2v) is 8.85. The molecule has 27 heavy (non-hydrogen) atoms. The highest BCUT2D eigenvalue weighted by atomic mass is 31.2. The summed E-state index contributed by atoms with van der Waals surface area (Å²) in [7, 11) is -3.64. The molecule has 0 aliphatic rings. The predicted octanol–water partition coefficient (Wildman–Crippen LogP) is 1.56. The summed E-state index contributed by atoms with van der Waals surface area (Å²) >= 11 is 0. The SMILES string of the molecule is COC(=O)C(C)(C)Nc1cc(NCC(C)(O)P(=O)(O)O)c([N+](=O)[O-])cc1C. The number of nitrogens with one attached hydrogen (secondary N) is 2. The van der Waals surface area contributed by atoms with Gasteiger partial charge < -0.3 is 30.3 Å². The molecular weight excluding hydrogens is 381 g/mol. The molecule has 0 aliphatic heterocycles. The van der Waals surface area contributed by atoms with Crippen molar-refractivity contribution < 1.29 is 33.9 Å². The van der Waals surface area contributed by atoms with Crippen LogP contribution in [0.5, 0.6) is 0 Å². The normalized spacial score (nSPS) is 14.2. The molecule has 11 nitrogen and oxygen atoms in total. The van der Waals surface area contributed by atoms with Crippen LogP contribution in [0.3, 0.4) is 0 Å². The topological polar surface area (TPSA) is 171 Å². The number of hydrogen-bond acceptors (Lipinski definition) is 8. The minimum Gasteiger partial charge on any atom is -0.467 e. The number of aryl methyl sites for hydroxylation is 1. The average molecular weight is 405 g/mol. The second-order valence-electron chi connectivity index (χ2n) is 6.80. The summed E-state index contributed by atoms with van der Waals surface area (Å²) in [5, 5.41) is 24.2. The fourth-order valence-electron chi connectivity index (χ4n) is 2.13. The van der Waals surface area contributed by atoms with Crippen LogP contribution < -0.4 is 10.6 Å². The molecule has 5 N–H and O–H groups in total. The lowest BCUT2D eigenvalue weighted by Gasteiger charge is -2.27. The van der Waals surface area contributed by atoms with E-state index >= 15 is 0 Å². The van der Waals surface area contributed by atoms with Crippen LogP contribution in [0.15, 0.2) is 12.1 Å². The van der Waals surface area contributed by atoms with E-state index in [-0.39, 0.29) is 11.4 Å². The van der Waals surface area contributed by atoms with Gasteiger partial charge in [0.15, 0.2) is 5.34 Å². The average Bonchev–Trinajstić information content (AvgIpc) is 2.52. The Balaban J connectivity index is 3.28. The monoisotopic (exact) mass is 405 g/mol. The molecule has 1 aromatic carbocycles. The van der Waals surface area contributed by atoms with E-state index in [1.165, 1.54) is 19.2 Å². The van der Waals surface area contributed by atoms with Crippen molar-refractivity contribution >= 4 is 30.6 Å². The van der Waals surface area contributed by atoms with Crippen molar-refractivity contribution in [3.05, 3.63) is 27.8 Å². The molecule has 0 spiro atoms. The third kappa shape index (κ3) is 5.39. The van der Waals surface area contributed by atoms with E-state index < -0.39 is 35.9 Å². The van der Waals surface area contributed by atoms with Gasteiger partial charge in [0.2, 0.25) is 0 Å². The molecule has 0 radical (unpaired) electrons. The summed E-state index contributed by atoms with van der Waals surface area (Å²) in [4.78, 5) is 40.8. The lowest BCUT2D eigenvalue weighted by molar-refractivity contribution is -0.384. The number of carbonyl (C=O) groups is 1. The van der Waals surface area contributed by atoms with Crippen LogP contribution >= 0.6 is 7.60 Å². The third-order valence-electron chi connectivity index (χ3n) is 3.92. The quantitative estimate of drug-likeness (QED) is 0.185. The number of carbonyl (C=O) groups excluding carboxylic acids is 1. The Morgan fingerprint density at radius 2 is 1.85 bits per heavy atom. The van der Waals surface area contributed by atoms with Crippen LogP contribution in [0, 0.1) is 17.0 Å². The Morgan fingerprint density at radius 3 is 2.30 bits per heavy atom. The molecule has 0 saturated heterocycles. The van der Waals surface area contributed by atoms with Gasteiger partial charge in [-0.1, -0.05) is 0 Å². The van der Waals surface area contributed by atoms with Gasteiger partial charge in [-0.2, -0.15) is 0 Å². The van der Waals surface area contributed by atoms with Crippen LogP contribution in [0.4, 0.5) is 17.1 Å². The highest BCUT2D eigenvalue weighted by Crippen LogP contribution is 2.48. The van der Waals surface area contributed by atoms with E-state index in [0.717, 1.165) is 6.92 Å². The minimum atomic E-state index is -4.87. The van der Waals surface area contributed by atoms with Gasteiger partial charge in [0.05, 0.1) is 18.6 Å². The zero-order valence-electron chi connectivity index (χ0n) is 15.6. The van der Waals surface area contributed by atoms with Gasteiger partial charge in [0.1, 0.15) is 11.2 Å². The molecule has 12 heteroatoms.